The summed E-state index contributed by atoms with van der Waals surface area (Å²) in [6, 6.07) is 16.3. The van der Waals surface area contributed by atoms with Crippen LogP contribution in [0.3, 0.4) is 0 Å². The number of nitriles is 1. The Kier molecular flexibility index (Phi) is 6.38. The molecule has 1 atom stereocenters. The van der Waals surface area contributed by atoms with Crippen molar-refractivity contribution in [3.8, 4) is 6.07 Å². The second-order valence-electron chi connectivity index (χ2n) is 5.96. The monoisotopic (exact) mass is 396 g/mol. The minimum absolute atomic E-state index is 0.300. The van der Waals surface area contributed by atoms with Crippen LogP contribution < -0.4 is 5.32 Å². The molecule has 0 amide bonds. The third-order valence-corrected chi connectivity index (χ3v) is 6.22. The first-order valence-corrected chi connectivity index (χ1v) is 10.5. The molecule has 2 aromatic rings. The quantitative estimate of drug-likeness (QED) is 0.701. The molecule has 0 saturated heterocycles. The molecule has 1 aliphatic rings. The average molecular weight is 397 g/mol. The van der Waals surface area contributed by atoms with Gasteiger partial charge in [-0.15, -0.1) is 23.1 Å². The number of thioether (sulfide) groups is 1. The van der Waals surface area contributed by atoms with E-state index in [0.29, 0.717) is 17.8 Å². The lowest BCUT2D eigenvalue weighted by atomic mass is 9.87. The number of carbonyl (C=O) groups is 1. The average Bonchev–Trinajstić information content (AvgIpc) is 3.21. The van der Waals surface area contributed by atoms with Gasteiger partial charge in [0.2, 0.25) is 0 Å². The van der Waals surface area contributed by atoms with Crippen molar-refractivity contribution in [3.05, 3.63) is 80.2 Å². The fourth-order valence-corrected chi connectivity index (χ4v) is 4.87. The van der Waals surface area contributed by atoms with Gasteiger partial charge in [0.05, 0.1) is 34.8 Å². The van der Waals surface area contributed by atoms with Gasteiger partial charge < -0.3 is 10.1 Å². The Morgan fingerprint density at radius 1 is 1.30 bits per heavy atom. The summed E-state index contributed by atoms with van der Waals surface area (Å²) in [6.07, 6.45) is 0. The number of hydrogen-bond acceptors (Lipinski definition) is 6. The lowest BCUT2D eigenvalue weighted by Crippen LogP contribution is -2.28. The minimum Gasteiger partial charge on any atom is -0.463 e. The van der Waals surface area contributed by atoms with Crippen molar-refractivity contribution in [1.82, 2.24) is 5.32 Å². The van der Waals surface area contributed by atoms with Gasteiger partial charge in [-0.2, -0.15) is 5.26 Å². The van der Waals surface area contributed by atoms with E-state index in [1.54, 1.807) is 30.0 Å². The highest BCUT2D eigenvalue weighted by atomic mass is 32.2. The number of allylic oxidation sites excluding steroid dienone is 2. The topological polar surface area (TPSA) is 62.1 Å². The van der Waals surface area contributed by atoms with Crippen LogP contribution in [0.2, 0.25) is 0 Å². The number of rotatable bonds is 6. The number of esters is 1. The Morgan fingerprint density at radius 2 is 2.07 bits per heavy atom. The maximum atomic E-state index is 12.6. The SMILES string of the molecule is CCOC(=O)C1=C(C)NC(SCc2ccccc2)=C(C#N)C1c1cccs1. The van der Waals surface area contributed by atoms with Gasteiger partial charge in [0, 0.05) is 16.3 Å². The highest BCUT2D eigenvalue weighted by Crippen LogP contribution is 2.42. The molecule has 1 unspecified atom stereocenters. The van der Waals surface area contributed by atoms with Gasteiger partial charge in [0.25, 0.3) is 0 Å². The first-order valence-electron chi connectivity index (χ1n) is 8.65. The van der Waals surface area contributed by atoms with Gasteiger partial charge in [-0.05, 0) is 30.9 Å². The number of nitrogens with zero attached hydrogens (tertiary/aromatic N) is 1. The molecule has 1 aliphatic heterocycles. The second-order valence-corrected chi connectivity index (χ2v) is 7.93. The molecule has 1 N–H and O–H groups in total. The summed E-state index contributed by atoms with van der Waals surface area (Å²) in [5.41, 5.74) is 2.99. The van der Waals surface area contributed by atoms with Crippen molar-refractivity contribution in [2.45, 2.75) is 25.5 Å². The summed E-state index contributed by atoms with van der Waals surface area (Å²) in [5.74, 6) is -0.0256. The molecule has 0 spiro atoms. The summed E-state index contributed by atoms with van der Waals surface area (Å²) >= 11 is 3.12. The van der Waals surface area contributed by atoms with Gasteiger partial charge in [0.15, 0.2) is 0 Å². The van der Waals surface area contributed by atoms with Crippen LogP contribution in [-0.4, -0.2) is 12.6 Å². The molecule has 2 heterocycles. The van der Waals surface area contributed by atoms with Crippen LogP contribution in [0.25, 0.3) is 0 Å². The molecule has 0 radical (unpaired) electrons. The third-order valence-electron chi connectivity index (χ3n) is 4.20. The van der Waals surface area contributed by atoms with Gasteiger partial charge in [-0.1, -0.05) is 36.4 Å². The molecule has 4 nitrogen and oxygen atoms in total. The smallest absolute Gasteiger partial charge is 0.336 e. The maximum Gasteiger partial charge on any atom is 0.336 e. The van der Waals surface area contributed by atoms with E-state index in [9.17, 15) is 10.1 Å². The summed E-state index contributed by atoms with van der Waals surface area (Å²) < 4.78 is 5.27. The van der Waals surface area contributed by atoms with E-state index in [0.717, 1.165) is 21.4 Å². The highest BCUT2D eigenvalue weighted by molar-refractivity contribution is 8.02. The molecule has 1 aromatic heterocycles. The van der Waals surface area contributed by atoms with E-state index in [1.165, 1.54) is 5.56 Å². The summed E-state index contributed by atoms with van der Waals surface area (Å²) in [5, 5.41) is 15.9. The predicted molar refractivity (Wildman–Crippen MR) is 110 cm³/mol. The van der Waals surface area contributed by atoms with Gasteiger partial charge in [0.1, 0.15) is 0 Å². The van der Waals surface area contributed by atoms with Crippen LogP contribution in [0.1, 0.15) is 30.2 Å². The Bertz CT molecular complexity index is 909. The second kappa shape index (κ2) is 8.94. The number of hydrogen-bond donors (Lipinski definition) is 1. The van der Waals surface area contributed by atoms with Crippen molar-refractivity contribution in [3.63, 3.8) is 0 Å². The lowest BCUT2D eigenvalue weighted by molar-refractivity contribution is -0.138. The van der Waals surface area contributed by atoms with Crippen molar-refractivity contribution in [1.29, 1.82) is 5.26 Å². The van der Waals surface area contributed by atoms with Gasteiger partial charge >= 0.3 is 5.97 Å². The van der Waals surface area contributed by atoms with E-state index in [-0.39, 0.29) is 5.97 Å². The molecule has 138 valence electrons. The van der Waals surface area contributed by atoms with E-state index >= 15 is 0 Å². The zero-order valence-corrected chi connectivity index (χ0v) is 16.8. The number of dihydropyridines is 1. The van der Waals surface area contributed by atoms with Crippen LogP contribution in [0, 0.1) is 11.3 Å². The van der Waals surface area contributed by atoms with Crippen LogP contribution in [0.4, 0.5) is 0 Å². The molecule has 0 fully saturated rings. The third kappa shape index (κ3) is 4.26. The molecule has 1 aromatic carbocycles. The van der Waals surface area contributed by atoms with E-state index in [4.69, 9.17) is 4.74 Å². The van der Waals surface area contributed by atoms with E-state index < -0.39 is 5.92 Å². The normalized spacial score (nSPS) is 16.7. The number of benzene rings is 1. The van der Waals surface area contributed by atoms with E-state index in [1.807, 2.05) is 42.6 Å². The number of carbonyl (C=O) groups excluding carboxylic acids is 1. The summed E-state index contributed by atoms with van der Waals surface area (Å²) in [7, 11) is 0. The molecule has 27 heavy (non-hydrogen) atoms. The fraction of sp³-hybridized carbons (Fsp3) is 0.238. The van der Waals surface area contributed by atoms with E-state index in [2.05, 4.69) is 23.5 Å². The Labute approximate surface area is 167 Å². The first kappa shape index (κ1) is 19.3. The van der Waals surface area contributed by atoms with Crippen molar-refractivity contribution in [2.24, 2.45) is 0 Å². The molecular weight excluding hydrogens is 376 g/mol. The Morgan fingerprint density at radius 3 is 2.70 bits per heavy atom. The molecule has 3 rings (SSSR count). The van der Waals surface area contributed by atoms with Crippen molar-refractivity contribution in [2.75, 3.05) is 6.61 Å². The molecule has 0 saturated carbocycles. The van der Waals surface area contributed by atoms with Crippen LogP contribution in [-0.2, 0) is 15.3 Å². The van der Waals surface area contributed by atoms with Crippen LogP contribution in [0.5, 0.6) is 0 Å². The number of thiophene rings is 1. The minimum atomic E-state index is -0.395. The number of nitrogens with one attached hydrogen (secondary N) is 1. The zero-order chi connectivity index (χ0) is 19.2. The standard InChI is InChI=1S/C21H20N2O2S2/c1-3-25-21(24)18-14(2)23-20(27-13-15-8-5-4-6-9-15)16(12-22)19(18)17-10-7-11-26-17/h4-11,19,23H,3,13H2,1-2H3. The lowest BCUT2D eigenvalue weighted by Gasteiger charge is -2.28. The highest BCUT2D eigenvalue weighted by Gasteiger charge is 2.35. The van der Waals surface area contributed by atoms with Crippen molar-refractivity contribution < 1.29 is 9.53 Å². The predicted octanol–water partition coefficient (Wildman–Crippen LogP) is 4.94. The zero-order valence-electron chi connectivity index (χ0n) is 15.2. The van der Waals surface area contributed by atoms with Crippen LogP contribution >= 0.6 is 23.1 Å². The number of ether oxygens (including phenoxy) is 1. The molecular formula is C21H20N2O2S2. The molecule has 0 bridgehead atoms. The fourth-order valence-electron chi connectivity index (χ4n) is 2.98. The summed E-state index contributed by atoms with van der Waals surface area (Å²) in [4.78, 5) is 13.6. The first-order chi connectivity index (χ1) is 13.2. The molecule has 6 heteroatoms. The Balaban J connectivity index is 1.97. The van der Waals surface area contributed by atoms with Gasteiger partial charge in [-0.3, -0.25) is 0 Å². The molecule has 0 aliphatic carbocycles. The van der Waals surface area contributed by atoms with Crippen molar-refractivity contribution >= 4 is 29.1 Å². The maximum absolute atomic E-state index is 12.6. The largest absolute Gasteiger partial charge is 0.463 e. The summed E-state index contributed by atoms with van der Waals surface area (Å²) in [6.45, 7) is 3.95. The van der Waals surface area contributed by atoms with Crippen LogP contribution in [0.15, 0.2) is 69.7 Å². The Hall–Kier alpha value is -2.49. The van der Waals surface area contributed by atoms with Gasteiger partial charge in [-0.25, -0.2) is 4.79 Å².